The van der Waals surface area contributed by atoms with Crippen LogP contribution in [0.2, 0.25) is 0 Å². The van der Waals surface area contributed by atoms with Crippen LogP contribution in [-0.2, 0) is 23.3 Å². The van der Waals surface area contributed by atoms with Gasteiger partial charge in [0.2, 0.25) is 0 Å². The zero-order chi connectivity index (χ0) is 15.9. The molecule has 4 rings (SSSR count). The van der Waals surface area contributed by atoms with Gasteiger partial charge >= 0.3 is 30.2 Å². The Morgan fingerprint density at radius 3 is 1.32 bits per heavy atom. The molecule has 0 aliphatic carbocycles. The van der Waals surface area contributed by atoms with Gasteiger partial charge < -0.3 is 7.43 Å². The molecule has 0 bridgehead atoms. The van der Waals surface area contributed by atoms with Crippen LogP contribution in [0.15, 0.2) is 72.8 Å². The molecule has 132 valence electrons. The van der Waals surface area contributed by atoms with Crippen LogP contribution in [0.1, 0.15) is 11.1 Å². The van der Waals surface area contributed by atoms with Crippen LogP contribution in [-0.4, -0.2) is 6.88 Å². The second-order valence-corrected chi connectivity index (χ2v) is 5.32. The molecule has 0 N–H and O–H groups in total. The van der Waals surface area contributed by atoms with Crippen LogP contribution in [0.25, 0.3) is 21.5 Å². The summed E-state index contributed by atoms with van der Waals surface area (Å²) >= 11 is 1.36. The van der Waals surface area contributed by atoms with Gasteiger partial charge in [-0.1, -0.05) is 26.0 Å². The van der Waals surface area contributed by atoms with Crippen molar-refractivity contribution in [3.05, 3.63) is 91.3 Å². The number of halogens is 2. The summed E-state index contributed by atoms with van der Waals surface area (Å²) in [5, 5.41) is 5.39. The summed E-state index contributed by atoms with van der Waals surface area (Å²) in [6.07, 6.45) is 0. The molecule has 0 amide bonds. The molecule has 25 heavy (non-hydrogen) atoms. The maximum atomic E-state index is 3.06. The van der Waals surface area contributed by atoms with Gasteiger partial charge in [-0.05, 0) is 0 Å². The number of rotatable bonds is 0. The second kappa shape index (κ2) is 13.5. The average molecular weight is 466 g/mol. The fourth-order valence-corrected chi connectivity index (χ4v) is 2.61. The van der Waals surface area contributed by atoms with E-state index in [4.69, 9.17) is 0 Å². The molecular weight excluding hydrogens is 442 g/mol. The molecule has 0 aliphatic rings. The second-order valence-electron chi connectivity index (χ2n) is 5.32. The Balaban J connectivity index is 0. The molecule has 0 heterocycles. The van der Waals surface area contributed by atoms with Gasteiger partial charge in [-0.15, -0.1) is 106 Å². The van der Waals surface area contributed by atoms with E-state index in [0.29, 0.717) is 0 Å². The third kappa shape index (κ3) is 7.62. The third-order valence-electron chi connectivity index (χ3n) is 3.52. The number of fused-ring (bicyclic) bond motifs is 2. The SMILES string of the molecule is Cc1cc2ccccc2[cH-]1.Cc1cc2ccccc2[cH-]1.Cl.Cl.[CH3-].[Si]=[Zr]. The van der Waals surface area contributed by atoms with Crippen molar-refractivity contribution >= 4 is 53.2 Å². The normalized spacial score (nSPS) is 8.52. The summed E-state index contributed by atoms with van der Waals surface area (Å²) < 4.78 is 0. The molecule has 2 radical (unpaired) electrons. The first kappa shape index (κ1) is 26.6. The van der Waals surface area contributed by atoms with E-state index in [1.165, 1.54) is 56.0 Å². The fraction of sp³-hybridized carbons (Fsp3) is 0.0952. The van der Waals surface area contributed by atoms with Crippen molar-refractivity contribution in [3.8, 4) is 0 Å². The van der Waals surface area contributed by atoms with Crippen molar-refractivity contribution in [1.82, 2.24) is 0 Å². The molecule has 4 heteroatoms. The number of hydrogen-bond acceptors (Lipinski definition) is 0. The Hall–Kier alpha value is -0.660. The van der Waals surface area contributed by atoms with Gasteiger partial charge in [-0.25, -0.2) is 0 Å². The summed E-state index contributed by atoms with van der Waals surface area (Å²) in [7, 11) is 0. The van der Waals surface area contributed by atoms with E-state index < -0.39 is 0 Å². The predicted molar refractivity (Wildman–Crippen MR) is 115 cm³/mol. The van der Waals surface area contributed by atoms with Gasteiger partial charge in [-0.2, -0.15) is 12.1 Å². The Morgan fingerprint density at radius 1 is 0.680 bits per heavy atom. The molecular formula is C21H23Cl2SiZr-3. The topological polar surface area (TPSA) is 0 Å². The van der Waals surface area contributed by atoms with E-state index >= 15 is 0 Å². The molecule has 4 aromatic carbocycles. The third-order valence-corrected chi connectivity index (χ3v) is 3.52. The van der Waals surface area contributed by atoms with E-state index in [1.54, 1.807) is 0 Å². The van der Waals surface area contributed by atoms with Crippen LogP contribution in [0, 0.1) is 21.3 Å². The van der Waals surface area contributed by atoms with Crippen LogP contribution in [0.3, 0.4) is 0 Å². The van der Waals surface area contributed by atoms with Crippen molar-refractivity contribution < 1.29 is 23.3 Å². The summed E-state index contributed by atoms with van der Waals surface area (Å²) in [5.41, 5.74) is 2.70. The molecule has 0 unspecified atom stereocenters. The van der Waals surface area contributed by atoms with Crippen LogP contribution in [0.5, 0.6) is 0 Å². The van der Waals surface area contributed by atoms with Crippen molar-refractivity contribution in [3.63, 3.8) is 0 Å². The van der Waals surface area contributed by atoms with Gasteiger partial charge in [0.05, 0.1) is 0 Å². The van der Waals surface area contributed by atoms with E-state index in [1.807, 2.05) is 0 Å². The van der Waals surface area contributed by atoms with Crippen LogP contribution >= 0.6 is 24.8 Å². The summed E-state index contributed by atoms with van der Waals surface area (Å²) in [6, 6.07) is 25.7. The van der Waals surface area contributed by atoms with Crippen molar-refractivity contribution in [2.45, 2.75) is 13.8 Å². The molecule has 0 nitrogen and oxygen atoms in total. The average Bonchev–Trinajstić information content (AvgIpc) is 3.10. The first-order valence-electron chi connectivity index (χ1n) is 7.21. The summed E-state index contributed by atoms with van der Waals surface area (Å²) in [5.74, 6) is 0. The molecule has 0 spiro atoms. The fourth-order valence-electron chi connectivity index (χ4n) is 2.61. The van der Waals surface area contributed by atoms with Crippen LogP contribution in [0.4, 0.5) is 0 Å². The molecule has 0 saturated heterocycles. The van der Waals surface area contributed by atoms with Gasteiger partial charge in [0.25, 0.3) is 0 Å². The van der Waals surface area contributed by atoms with E-state index in [-0.39, 0.29) is 32.2 Å². The minimum atomic E-state index is 0. The summed E-state index contributed by atoms with van der Waals surface area (Å²) in [4.78, 5) is 0. The van der Waals surface area contributed by atoms with Crippen LogP contribution < -0.4 is 0 Å². The molecule has 0 saturated carbocycles. The van der Waals surface area contributed by atoms with Gasteiger partial charge in [-0.3, -0.25) is 0 Å². The molecule has 0 aromatic heterocycles. The van der Waals surface area contributed by atoms with Gasteiger partial charge in [0, 0.05) is 0 Å². The quantitative estimate of drug-likeness (QED) is 0.202. The Labute approximate surface area is 180 Å². The zero-order valence-corrected chi connectivity index (χ0v) is 19.8. The zero-order valence-electron chi connectivity index (χ0n) is 14.7. The monoisotopic (exact) mass is 463 g/mol. The van der Waals surface area contributed by atoms with Gasteiger partial charge in [0.15, 0.2) is 0 Å². The molecule has 0 atom stereocenters. The first-order chi connectivity index (χ1) is 10.7. The maximum absolute atomic E-state index is 3.06. The Morgan fingerprint density at radius 2 is 1.00 bits per heavy atom. The van der Waals surface area contributed by atoms with Crippen molar-refractivity contribution in [2.24, 2.45) is 0 Å². The summed E-state index contributed by atoms with van der Waals surface area (Å²) in [6.45, 7) is 7.31. The Bertz CT molecular complexity index is 726. The molecule has 0 fully saturated rings. The van der Waals surface area contributed by atoms with Gasteiger partial charge in [0.1, 0.15) is 0 Å². The van der Waals surface area contributed by atoms with E-state index in [9.17, 15) is 0 Å². The number of aryl methyl sites for hydroxylation is 2. The molecule has 0 aliphatic heterocycles. The first-order valence-corrected chi connectivity index (χ1v) is 11.4. The standard InChI is InChI=1S/2C10H9.CH3.2ClH.Si.Zr/c2*1-8-6-9-4-2-3-5-10(9)7-8;;;;;/h2*2-7H,1H3;1H3;2*1H;;/q3*-1;;;;. The van der Waals surface area contributed by atoms with Crippen molar-refractivity contribution in [1.29, 1.82) is 0 Å². The Kier molecular flexibility index (Phi) is 14.4. The number of benzene rings is 2. The van der Waals surface area contributed by atoms with E-state index in [0.717, 1.165) is 0 Å². The number of hydrogen-bond donors (Lipinski definition) is 0. The minimum absolute atomic E-state index is 0. The van der Waals surface area contributed by atoms with E-state index in [2.05, 4.69) is 93.5 Å². The van der Waals surface area contributed by atoms with Crippen molar-refractivity contribution in [2.75, 3.05) is 0 Å². The predicted octanol–water partition coefficient (Wildman–Crippen LogP) is 6.64. The molecule has 4 aromatic rings.